The third kappa shape index (κ3) is 3.35. The standard InChI is InChI=1S/C19H18N4O3S/c1-11-21-18(26-22-11)15-6-3-7-23(15)19(25)13-5-2-4-12(8-13)14-9-16(17(20)24)27-10-14/h2,4-5,8-10,15H,3,6-7H2,1H3,(H2,20,24)/t15-/m0/s1. The Labute approximate surface area is 159 Å². The topological polar surface area (TPSA) is 102 Å². The SMILES string of the molecule is Cc1noc([C@@H]2CCCN2C(=O)c2cccc(-c3csc(C(N)=O)c3)c2)n1. The van der Waals surface area contributed by atoms with Crippen LogP contribution < -0.4 is 5.73 Å². The van der Waals surface area contributed by atoms with Gasteiger partial charge in [-0.05, 0) is 54.5 Å². The molecule has 0 bridgehead atoms. The van der Waals surface area contributed by atoms with Crippen molar-refractivity contribution in [2.24, 2.45) is 5.73 Å². The van der Waals surface area contributed by atoms with Crippen LogP contribution in [0.25, 0.3) is 11.1 Å². The number of carbonyl (C=O) groups is 2. The third-order valence-corrected chi connectivity index (χ3v) is 5.57. The number of rotatable bonds is 4. The summed E-state index contributed by atoms with van der Waals surface area (Å²) in [5.41, 5.74) is 7.65. The highest BCUT2D eigenvalue weighted by Gasteiger charge is 2.34. The average Bonchev–Trinajstić information content (AvgIpc) is 3.41. The van der Waals surface area contributed by atoms with Crippen LogP contribution >= 0.6 is 11.3 Å². The van der Waals surface area contributed by atoms with Crippen LogP contribution in [0.4, 0.5) is 0 Å². The van der Waals surface area contributed by atoms with E-state index in [1.165, 1.54) is 11.3 Å². The van der Waals surface area contributed by atoms with Crippen LogP contribution in [-0.2, 0) is 0 Å². The Morgan fingerprint density at radius 3 is 2.85 bits per heavy atom. The molecule has 1 aliphatic heterocycles. The lowest BCUT2D eigenvalue weighted by Gasteiger charge is -2.22. The summed E-state index contributed by atoms with van der Waals surface area (Å²) < 4.78 is 5.29. The van der Waals surface area contributed by atoms with Crippen molar-refractivity contribution in [3.63, 3.8) is 0 Å². The highest BCUT2D eigenvalue weighted by atomic mass is 32.1. The van der Waals surface area contributed by atoms with Crippen LogP contribution in [0.1, 0.15) is 50.6 Å². The van der Waals surface area contributed by atoms with E-state index in [0.29, 0.717) is 28.7 Å². The number of hydrogen-bond acceptors (Lipinski definition) is 6. The number of benzene rings is 1. The minimum absolute atomic E-state index is 0.0689. The van der Waals surface area contributed by atoms with Gasteiger partial charge in [-0.25, -0.2) is 0 Å². The number of nitrogens with two attached hydrogens (primary N) is 1. The van der Waals surface area contributed by atoms with Gasteiger partial charge in [0.2, 0.25) is 5.89 Å². The van der Waals surface area contributed by atoms with E-state index in [4.69, 9.17) is 10.3 Å². The summed E-state index contributed by atoms with van der Waals surface area (Å²) >= 11 is 1.29. The Hall–Kier alpha value is -3.00. The molecule has 1 aromatic carbocycles. The number of nitrogens with zero attached hydrogens (tertiary/aromatic N) is 3. The van der Waals surface area contributed by atoms with E-state index in [0.717, 1.165) is 24.0 Å². The molecule has 0 saturated carbocycles. The molecule has 138 valence electrons. The van der Waals surface area contributed by atoms with Gasteiger partial charge in [0.25, 0.3) is 11.8 Å². The molecule has 3 aromatic rings. The fourth-order valence-corrected chi connectivity index (χ4v) is 4.10. The lowest BCUT2D eigenvalue weighted by Crippen LogP contribution is -2.30. The summed E-state index contributed by atoms with van der Waals surface area (Å²) in [4.78, 5) is 31.0. The predicted octanol–water partition coefficient (Wildman–Crippen LogP) is 3.18. The van der Waals surface area contributed by atoms with Crippen LogP contribution in [0.3, 0.4) is 0 Å². The molecule has 2 amide bonds. The molecule has 3 heterocycles. The first kappa shape index (κ1) is 17.4. The van der Waals surface area contributed by atoms with Gasteiger partial charge in [-0.1, -0.05) is 17.3 Å². The second-order valence-electron chi connectivity index (χ2n) is 6.48. The van der Waals surface area contributed by atoms with Crippen molar-refractivity contribution in [1.82, 2.24) is 15.0 Å². The zero-order chi connectivity index (χ0) is 19.0. The zero-order valence-corrected chi connectivity index (χ0v) is 15.5. The smallest absolute Gasteiger partial charge is 0.258 e. The number of aromatic nitrogens is 2. The largest absolute Gasteiger partial charge is 0.365 e. The van der Waals surface area contributed by atoms with Gasteiger partial charge in [0.05, 0.1) is 4.88 Å². The van der Waals surface area contributed by atoms with Gasteiger partial charge in [-0.15, -0.1) is 11.3 Å². The number of aryl methyl sites for hydroxylation is 1. The highest BCUT2D eigenvalue weighted by molar-refractivity contribution is 7.12. The van der Waals surface area contributed by atoms with Gasteiger partial charge < -0.3 is 15.2 Å². The lowest BCUT2D eigenvalue weighted by molar-refractivity contribution is 0.0710. The molecule has 0 unspecified atom stereocenters. The molecule has 0 spiro atoms. The summed E-state index contributed by atoms with van der Waals surface area (Å²) in [6.45, 7) is 2.41. The maximum absolute atomic E-state index is 13.1. The van der Waals surface area contributed by atoms with Crippen LogP contribution in [0.15, 0.2) is 40.2 Å². The Kier molecular flexibility index (Phi) is 4.49. The quantitative estimate of drug-likeness (QED) is 0.746. The molecule has 0 radical (unpaired) electrons. The Balaban J connectivity index is 1.61. The average molecular weight is 382 g/mol. The van der Waals surface area contributed by atoms with Gasteiger partial charge in [0, 0.05) is 12.1 Å². The van der Waals surface area contributed by atoms with Gasteiger partial charge >= 0.3 is 0 Å². The maximum atomic E-state index is 13.1. The van der Waals surface area contributed by atoms with Crippen LogP contribution in [0, 0.1) is 6.92 Å². The number of hydrogen-bond donors (Lipinski definition) is 1. The maximum Gasteiger partial charge on any atom is 0.258 e. The second-order valence-corrected chi connectivity index (χ2v) is 7.39. The van der Waals surface area contributed by atoms with E-state index >= 15 is 0 Å². The van der Waals surface area contributed by atoms with Crippen molar-refractivity contribution in [1.29, 1.82) is 0 Å². The van der Waals surface area contributed by atoms with Crippen LogP contribution in [0.2, 0.25) is 0 Å². The molecule has 1 atom stereocenters. The van der Waals surface area contributed by atoms with E-state index in [-0.39, 0.29) is 11.9 Å². The van der Waals surface area contributed by atoms with E-state index < -0.39 is 5.91 Å². The Morgan fingerprint density at radius 1 is 1.30 bits per heavy atom. The second kappa shape index (κ2) is 6.96. The molecular weight excluding hydrogens is 364 g/mol. The zero-order valence-electron chi connectivity index (χ0n) is 14.7. The predicted molar refractivity (Wildman–Crippen MR) is 100 cm³/mol. The normalized spacial score (nSPS) is 16.6. The number of likely N-dealkylation sites (tertiary alicyclic amines) is 1. The molecule has 1 saturated heterocycles. The summed E-state index contributed by atoms with van der Waals surface area (Å²) in [6, 6.07) is 8.94. The fraction of sp³-hybridized carbons (Fsp3) is 0.263. The van der Waals surface area contributed by atoms with Crippen molar-refractivity contribution >= 4 is 23.2 Å². The minimum Gasteiger partial charge on any atom is -0.365 e. The molecule has 1 aliphatic rings. The van der Waals surface area contributed by atoms with E-state index in [1.54, 1.807) is 24.0 Å². The van der Waals surface area contributed by atoms with E-state index in [9.17, 15) is 9.59 Å². The molecule has 2 N–H and O–H groups in total. The molecular formula is C19H18N4O3S. The summed E-state index contributed by atoms with van der Waals surface area (Å²) in [5.74, 6) is 0.529. The monoisotopic (exact) mass is 382 g/mol. The van der Waals surface area contributed by atoms with Gasteiger partial charge in [-0.3, -0.25) is 9.59 Å². The first-order valence-electron chi connectivity index (χ1n) is 8.63. The molecule has 0 aliphatic carbocycles. The molecule has 4 rings (SSSR count). The summed E-state index contributed by atoms with van der Waals surface area (Å²) in [5, 5.41) is 5.70. The first-order valence-corrected chi connectivity index (χ1v) is 9.51. The number of amides is 2. The minimum atomic E-state index is -0.451. The number of carbonyl (C=O) groups excluding carboxylic acids is 2. The van der Waals surface area contributed by atoms with Crippen molar-refractivity contribution < 1.29 is 14.1 Å². The van der Waals surface area contributed by atoms with Gasteiger partial charge in [-0.2, -0.15) is 4.98 Å². The lowest BCUT2D eigenvalue weighted by atomic mass is 10.0. The van der Waals surface area contributed by atoms with Gasteiger partial charge in [0.1, 0.15) is 6.04 Å². The van der Waals surface area contributed by atoms with Crippen molar-refractivity contribution in [3.8, 4) is 11.1 Å². The highest BCUT2D eigenvalue weighted by Crippen LogP contribution is 2.33. The van der Waals surface area contributed by atoms with Crippen molar-refractivity contribution in [2.45, 2.75) is 25.8 Å². The Bertz CT molecular complexity index is 1010. The molecule has 8 heteroatoms. The Morgan fingerprint density at radius 2 is 2.15 bits per heavy atom. The van der Waals surface area contributed by atoms with Crippen molar-refractivity contribution in [3.05, 3.63) is 57.9 Å². The van der Waals surface area contributed by atoms with Crippen LogP contribution in [0.5, 0.6) is 0 Å². The number of primary amides is 1. The van der Waals surface area contributed by atoms with Gasteiger partial charge in [0.15, 0.2) is 5.82 Å². The summed E-state index contributed by atoms with van der Waals surface area (Å²) in [7, 11) is 0. The third-order valence-electron chi connectivity index (χ3n) is 4.63. The van der Waals surface area contributed by atoms with Crippen molar-refractivity contribution in [2.75, 3.05) is 6.54 Å². The van der Waals surface area contributed by atoms with Crippen LogP contribution in [-0.4, -0.2) is 33.4 Å². The molecule has 2 aromatic heterocycles. The molecule has 1 fully saturated rings. The van der Waals surface area contributed by atoms with E-state index in [1.807, 2.05) is 23.6 Å². The summed E-state index contributed by atoms with van der Waals surface area (Å²) in [6.07, 6.45) is 1.70. The molecule has 7 nitrogen and oxygen atoms in total. The number of thiophene rings is 1. The van der Waals surface area contributed by atoms with E-state index in [2.05, 4.69) is 10.1 Å². The first-order chi connectivity index (χ1) is 13.0. The fourth-order valence-electron chi connectivity index (χ4n) is 3.33. The molecule has 27 heavy (non-hydrogen) atoms.